The fraction of sp³-hybridized carbons (Fsp3) is 0.440. The van der Waals surface area contributed by atoms with E-state index in [4.69, 9.17) is 10.7 Å². The first-order valence-electron chi connectivity index (χ1n) is 10.7. The monoisotopic (exact) mass is 452 g/mol. The van der Waals surface area contributed by atoms with Crippen LogP contribution in [0.1, 0.15) is 50.6 Å². The van der Waals surface area contributed by atoms with E-state index in [1.807, 2.05) is 30.3 Å². The molecule has 1 saturated carbocycles. The topological polar surface area (TPSA) is 55.5 Å². The molecule has 29 heavy (non-hydrogen) atoms. The number of benzene rings is 2. The zero-order chi connectivity index (χ0) is 20.4. The molecule has 2 N–H and O–H groups in total. The summed E-state index contributed by atoms with van der Waals surface area (Å²) in [6.45, 7) is 2.32. The number of rotatable bonds is 5. The third-order valence-electron chi connectivity index (χ3n) is 7.15. The summed E-state index contributed by atoms with van der Waals surface area (Å²) in [5.41, 5.74) is 7.52. The first-order chi connectivity index (χ1) is 14.1. The molecule has 0 bridgehead atoms. The fourth-order valence-corrected chi connectivity index (χ4v) is 6.70. The van der Waals surface area contributed by atoms with Crippen molar-refractivity contribution in [3.8, 4) is 0 Å². The molecule has 2 aliphatic rings. The van der Waals surface area contributed by atoms with E-state index in [0.29, 0.717) is 11.2 Å². The summed E-state index contributed by atoms with van der Waals surface area (Å²) in [4.78, 5) is 18.2. The molecular weight excluding hydrogens is 424 g/mol. The summed E-state index contributed by atoms with van der Waals surface area (Å²) < 4.78 is 0. The lowest BCUT2D eigenvalue weighted by molar-refractivity contribution is -0.114. The number of carbonyl (C=O) groups is 1. The molecular formula is C25H29BrN2O. The summed E-state index contributed by atoms with van der Waals surface area (Å²) in [6, 6.07) is 18.2. The number of halogens is 1. The molecule has 0 radical (unpaired) electrons. The van der Waals surface area contributed by atoms with Crippen molar-refractivity contribution < 1.29 is 4.79 Å². The smallest absolute Gasteiger partial charge is 0.246 e. The maximum Gasteiger partial charge on any atom is 0.246 e. The van der Waals surface area contributed by atoms with E-state index in [1.54, 1.807) is 0 Å². The minimum Gasteiger partial charge on any atom is -0.366 e. The quantitative estimate of drug-likeness (QED) is 0.675. The van der Waals surface area contributed by atoms with Crippen molar-refractivity contribution in [1.82, 2.24) is 0 Å². The van der Waals surface area contributed by atoms with E-state index in [0.717, 1.165) is 21.7 Å². The van der Waals surface area contributed by atoms with Crippen molar-refractivity contribution in [1.29, 1.82) is 0 Å². The molecule has 2 unspecified atom stereocenters. The largest absolute Gasteiger partial charge is 0.366 e. The number of carbonyl (C=O) groups excluding carboxylic acids is 1. The SMILES string of the molecule is C[C@@H](C1CCCCC1)C1(CBr)C(C(N)=O)=c2ccccc2=NC1c1ccccc1. The second-order valence-corrected chi connectivity index (χ2v) is 9.12. The lowest BCUT2D eigenvalue weighted by Crippen LogP contribution is -2.52. The molecule has 2 aromatic rings. The van der Waals surface area contributed by atoms with Crippen molar-refractivity contribution in [3.05, 3.63) is 70.7 Å². The third-order valence-corrected chi connectivity index (χ3v) is 8.08. The van der Waals surface area contributed by atoms with Crippen LogP contribution in [0.4, 0.5) is 0 Å². The van der Waals surface area contributed by atoms with Crippen LogP contribution in [-0.4, -0.2) is 11.2 Å². The van der Waals surface area contributed by atoms with E-state index in [9.17, 15) is 4.79 Å². The maximum absolute atomic E-state index is 13.0. The van der Waals surface area contributed by atoms with Crippen LogP contribution in [0.5, 0.6) is 0 Å². The number of nitrogens with two attached hydrogens (primary N) is 1. The van der Waals surface area contributed by atoms with Crippen LogP contribution in [0.25, 0.3) is 5.57 Å². The minimum atomic E-state index is -0.469. The van der Waals surface area contributed by atoms with Gasteiger partial charge >= 0.3 is 0 Å². The Morgan fingerprint density at radius 1 is 1.10 bits per heavy atom. The normalized spacial score (nSPS) is 25.7. The first kappa shape index (κ1) is 20.3. The van der Waals surface area contributed by atoms with Crippen molar-refractivity contribution in [2.75, 3.05) is 5.33 Å². The molecule has 0 saturated heterocycles. The molecule has 0 aromatic heterocycles. The van der Waals surface area contributed by atoms with Gasteiger partial charge < -0.3 is 5.73 Å². The first-order valence-corrected chi connectivity index (χ1v) is 11.8. The number of primary amides is 1. The van der Waals surface area contributed by atoms with Crippen molar-refractivity contribution in [2.45, 2.75) is 45.1 Å². The summed E-state index contributed by atoms with van der Waals surface area (Å²) in [6.07, 6.45) is 6.27. The van der Waals surface area contributed by atoms with Gasteiger partial charge in [-0.1, -0.05) is 103 Å². The van der Waals surface area contributed by atoms with E-state index >= 15 is 0 Å². The number of para-hydroxylation sites is 1. The van der Waals surface area contributed by atoms with E-state index in [2.05, 4.69) is 47.1 Å². The third kappa shape index (κ3) is 3.46. The van der Waals surface area contributed by atoms with Crippen LogP contribution in [0.2, 0.25) is 0 Å². The summed E-state index contributed by atoms with van der Waals surface area (Å²) in [5, 5.41) is 2.42. The second kappa shape index (κ2) is 8.43. The van der Waals surface area contributed by atoms with Crippen molar-refractivity contribution in [3.63, 3.8) is 0 Å². The maximum atomic E-state index is 13.0. The average Bonchev–Trinajstić information content (AvgIpc) is 2.78. The Hall–Kier alpha value is -1.94. The van der Waals surface area contributed by atoms with Crippen LogP contribution < -0.4 is 16.3 Å². The van der Waals surface area contributed by atoms with Gasteiger partial charge in [0, 0.05) is 21.5 Å². The van der Waals surface area contributed by atoms with Gasteiger partial charge in [0.1, 0.15) is 0 Å². The molecule has 1 amide bonds. The van der Waals surface area contributed by atoms with Gasteiger partial charge in [0.05, 0.1) is 11.4 Å². The Balaban J connectivity index is 2.01. The van der Waals surface area contributed by atoms with Gasteiger partial charge in [-0.3, -0.25) is 9.79 Å². The Kier molecular flexibility index (Phi) is 5.91. The molecule has 4 heteroatoms. The zero-order valence-corrected chi connectivity index (χ0v) is 18.6. The Morgan fingerprint density at radius 3 is 2.41 bits per heavy atom. The van der Waals surface area contributed by atoms with Gasteiger partial charge in [-0.15, -0.1) is 0 Å². The van der Waals surface area contributed by atoms with Gasteiger partial charge in [0.15, 0.2) is 0 Å². The number of fused-ring (bicyclic) bond motifs is 1. The summed E-state index contributed by atoms with van der Waals surface area (Å²) >= 11 is 3.85. The standard InChI is InChI=1S/C25H29BrN2O/c1-17(18-10-4-2-5-11-18)25(16-26)22(24(27)29)20-14-8-9-15-21(20)28-23(25)19-12-6-3-7-13-19/h3,6-9,12-15,17-18,23H,2,4-5,10-11,16H2,1H3,(H2,27,29)/t17-,23?,25?/m0/s1. The number of hydrogen-bond acceptors (Lipinski definition) is 2. The number of alkyl halides is 1. The Morgan fingerprint density at radius 2 is 1.76 bits per heavy atom. The average molecular weight is 453 g/mol. The van der Waals surface area contributed by atoms with Gasteiger partial charge in [-0.05, 0) is 23.5 Å². The highest BCUT2D eigenvalue weighted by Gasteiger charge is 2.52. The van der Waals surface area contributed by atoms with Gasteiger partial charge in [0.25, 0.3) is 0 Å². The highest BCUT2D eigenvalue weighted by Crippen LogP contribution is 2.55. The molecule has 2 aromatic carbocycles. The molecule has 1 heterocycles. The summed E-state index contributed by atoms with van der Waals surface area (Å²) in [7, 11) is 0. The van der Waals surface area contributed by atoms with Crippen LogP contribution in [-0.2, 0) is 4.79 Å². The predicted molar refractivity (Wildman–Crippen MR) is 121 cm³/mol. The molecule has 1 aliphatic heterocycles. The lowest BCUT2D eigenvalue weighted by atomic mass is 9.58. The highest BCUT2D eigenvalue weighted by atomic mass is 79.9. The lowest BCUT2D eigenvalue weighted by Gasteiger charge is -2.48. The van der Waals surface area contributed by atoms with Crippen LogP contribution >= 0.6 is 15.9 Å². The van der Waals surface area contributed by atoms with Gasteiger partial charge in [-0.25, -0.2) is 0 Å². The molecule has 1 fully saturated rings. The van der Waals surface area contributed by atoms with E-state index in [1.165, 1.54) is 32.1 Å². The van der Waals surface area contributed by atoms with Crippen LogP contribution in [0.3, 0.4) is 0 Å². The highest BCUT2D eigenvalue weighted by molar-refractivity contribution is 9.09. The molecule has 4 rings (SSSR count). The molecule has 3 nitrogen and oxygen atoms in total. The van der Waals surface area contributed by atoms with E-state index < -0.39 is 5.41 Å². The Labute approximate surface area is 181 Å². The van der Waals surface area contributed by atoms with Gasteiger partial charge in [0.2, 0.25) is 5.91 Å². The van der Waals surface area contributed by atoms with Crippen LogP contribution in [0.15, 0.2) is 59.6 Å². The van der Waals surface area contributed by atoms with E-state index in [-0.39, 0.29) is 17.9 Å². The molecule has 0 spiro atoms. The fourth-order valence-electron chi connectivity index (χ4n) is 5.60. The number of hydrogen-bond donors (Lipinski definition) is 1. The second-order valence-electron chi connectivity index (χ2n) is 8.56. The minimum absolute atomic E-state index is 0.141. The van der Waals surface area contributed by atoms with Crippen molar-refractivity contribution >= 4 is 27.4 Å². The molecule has 152 valence electrons. The molecule has 1 aliphatic carbocycles. The predicted octanol–water partition coefficient (Wildman–Crippen LogP) is 4.29. The van der Waals surface area contributed by atoms with Crippen LogP contribution in [0, 0.1) is 17.3 Å². The number of nitrogens with zero attached hydrogens (tertiary/aromatic N) is 1. The molecule has 3 atom stereocenters. The van der Waals surface area contributed by atoms with Crippen molar-refractivity contribution in [2.24, 2.45) is 28.0 Å². The zero-order valence-electron chi connectivity index (χ0n) is 17.0. The number of amides is 1. The van der Waals surface area contributed by atoms with Gasteiger partial charge in [-0.2, -0.15) is 0 Å². The Bertz CT molecular complexity index is 997. The summed E-state index contributed by atoms with van der Waals surface area (Å²) in [5.74, 6) is 0.532.